The van der Waals surface area contributed by atoms with Crippen molar-refractivity contribution < 1.29 is 27.9 Å². The van der Waals surface area contributed by atoms with Crippen molar-refractivity contribution in [3.8, 4) is 5.69 Å². The van der Waals surface area contributed by atoms with Crippen molar-refractivity contribution in [1.82, 2.24) is 14.7 Å². The van der Waals surface area contributed by atoms with Gasteiger partial charge in [-0.3, -0.25) is 9.59 Å². The summed E-state index contributed by atoms with van der Waals surface area (Å²) in [6, 6.07) is 6.37. The molecule has 0 saturated carbocycles. The fourth-order valence-electron chi connectivity index (χ4n) is 2.54. The predicted octanol–water partition coefficient (Wildman–Crippen LogP) is 2.99. The largest absolute Gasteiger partial charge is 0.481 e. The molecule has 0 aliphatic heterocycles. The quantitative estimate of drug-likeness (QED) is 0.879. The van der Waals surface area contributed by atoms with Crippen LogP contribution in [0.4, 0.5) is 13.2 Å². The van der Waals surface area contributed by atoms with Gasteiger partial charge in [0.15, 0.2) is 5.69 Å². The number of amides is 1. The Kier molecular flexibility index (Phi) is 5.38. The SMILES string of the molecule is Cc1ccccc1-n1ncc(C(=O)N(C)CC(C)C(=O)O)c1C(F)(F)F. The molecule has 26 heavy (non-hydrogen) atoms. The van der Waals surface area contributed by atoms with E-state index in [1.54, 1.807) is 25.1 Å². The number of carbonyl (C=O) groups is 2. The fourth-order valence-corrected chi connectivity index (χ4v) is 2.54. The molecule has 1 atom stereocenters. The van der Waals surface area contributed by atoms with Gasteiger partial charge in [-0.2, -0.15) is 18.3 Å². The molecule has 0 saturated heterocycles. The van der Waals surface area contributed by atoms with Crippen LogP contribution in [0.15, 0.2) is 30.5 Å². The van der Waals surface area contributed by atoms with Crippen LogP contribution in [0.5, 0.6) is 0 Å². The molecule has 0 aliphatic rings. The molecule has 1 N–H and O–H groups in total. The number of carboxylic acids is 1. The summed E-state index contributed by atoms with van der Waals surface area (Å²) >= 11 is 0. The van der Waals surface area contributed by atoms with E-state index in [-0.39, 0.29) is 12.2 Å². The summed E-state index contributed by atoms with van der Waals surface area (Å²) in [6.07, 6.45) is -3.96. The Morgan fingerprint density at radius 1 is 1.31 bits per heavy atom. The average molecular weight is 369 g/mol. The van der Waals surface area contributed by atoms with Crippen molar-refractivity contribution in [3.05, 3.63) is 47.3 Å². The van der Waals surface area contributed by atoms with E-state index in [1.165, 1.54) is 20.0 Å². The average Bonchev–Trinajstić information content (AvgIpc) is 2.99. The zero-order valence-electron chi connectivity index (χ0n) is 14.4. The van der Waals surface area contributed by atoms with E-state index in [2.05, 4.69) is 5.10 Å². The number of hydrogen-bond acceptors (Lipinski definition) is 3. The van der Waals surface area contributed by atoms with Crippen molar-refractivity contribution in [2.24, 2.45) is 5.92 Å². The Morgan fingerprint density at radius 2 is 1.92 bits per heavy atom. The van der Waals surface area contributed by atoms with E-state index >= 15 is 0 Å². The van der Waals surface area contributed by atoms with Crippen LogP contribution in [-0.2, 0) is 11.0 Å². The highest BCUT2D eigenvalue weighted by Gasteiger charge is 2.41. The molecule has 2 aromatic rings. The summed E-state index contributed by atoms with van der Waals surface area (Å²) in [7, 11) is 1.26. The smallest absolute Gasteiger partial charge is 0.434 e. The van der Waals surface area contributed by atoms with Crippen molar-refractivity contribution in [2.45, 2.75) is 20.0 Å². The summed E-state index contributed by atoms with van der Waals surface area (Å²) in [5, 5.41) is 12.7. The van der Waals surface area contributed by atoms with E-state index in [0.717, 1.165) is 11.1 Å². The second-order valence-corrected chi connectivity index (χ2v) is 6.03. The van der Waals surface area contributed by atoms with E-state index in [4.69, 9.17) is 5.11 Å². The summed E-state index contributed by atoms with van der Waals surface area (Å²) in [6.45, 7) is 2.79. The van der Waals surface area contributed by atoms with Crippen molar-refractivity contribution >= 4 is 11.9 Å². The molecule has 0 bridgehead atoms. The van der Waals surface area contributed by atoms with Gasteiger partial charge < -0.3 is 10.0 Å². The number of rotatable bonds is 5. The maximum atomic E-state index is 13.6. The lowest BCUT2D eigenvalue weighted by molar-refractivity contribution is -0.143. The molecule has 0 fully saturated rings. The first-order valence-corrected chi connectivity index (χ1v) is 7.73. The third-order valence-electron chi connectivity index (χ3n) is 3.93. The van der Waals surface area contributed by atoms with Gasteiger partial charge in [-0.1, -0.05) is 25.1 Å². The van der Waals surface area contributed by atoms with Gasteiger partial charge >= 0.3 is 12.1 Å². The van der Waals surface area contributed by atoms with Gasteiger partial charge in [0, 0.05) is 13.6 Å². The molecular weight excluding hydrogens is 351 g/mol. The Bertz CT molecular complexity index is 830. The molecule has 6 nitrogen and oxygen atoms in total. The van der Waals surface area contributed by atoms with Crippen LogP contribution in [0.1, 0.15) is 28.5 Å². The van der Waals surface area contributed by atoms with Crippen molar-refractivity contribution in [1.29, 1.82) is 0 Å². The molecule has 0 aliphatic carbocycles. The lowest BCUT2D eigenvalue weighted by Crippen LogP contribution is -2.34. The van der Waals surface area contributed by atoms with Gasteiger partial charge in [0.1, 0.15) is 0 Å². The van der Waals surface area contributed by atoms with Gasteiger partial charge in [0.2, 0.25) is 0 Å². The summed E-state index contributed by atoms with van der Waals surface area (Å²) in [5.74, 6) is -2.99. The number of carbonyl (C=O) groups excluding carboxylic acids is 1. The number of halogens is 3. The number of alkyl halides is 3. The first kappa shape index (κ1) is 19.5. The molecule has 0 spiro atoms. The number of benzene rings is 1. The van der Waals surface area contributed by atoms with E-state index in [1.807, 2.05) is 0 Å². The number of aryl methyl sites for hydroxylation is 1. The van der Waals surface area contributed by atoms with Crippen LogP contribution in [0.2, 0.25) is 0 Å². The zero-order chi connectivity index (χ0) is 19.6. The number of nitrogens with zero attached hydrogens (tertiary/aromatic N) is 3. The normalized spacial score (nSPS) is 12.7. The van der Waals surface area contributed by atoms with E-state index < -0.39 is 35.2 Å². The van der Waals surface area contributed by atoms with Crippen LogP contribution < -0.4 is 0 Å². The molecular formula is C17H18F3N3O3. The maximum absolute atomic E-state index is 13.6. The topological polar surface area (TPSA) is 75.4 Å². The van der Waals surface area contributed by atoms with Crippen LogP contribution in [-0.4, -0.2) is 45.3 Å². The van der Waals surface area contributed by atoms with E-state index in [0.29, 0.717) is 10.2 Å². The number of para-hydroxylation sites is 1. The summed E-state index contributed by atoms with van der Waals surface area (Å²) < 4.78 is 41.6. The second-order valence-electron chi connectivity index (χ2n) is 6.03. The second kappa shape index (κ2) is 7.19. The van der Waals surface area contributed by atoms with Gasteiger partial charge in [0.05, 0.1) is 23.4 Å². The monoisotopic (exact) mass is 369 g/mol. The minimum atomic E-state index is -4.82. The Morgan fingerprint density at radius 3 is 2.46 bits per heavy atom. The van der Waals surface area contributed by atoms with E-state index in [9.17, 15) is 22.8 Å². The van der Waals surface area contributed by atoms with Crippen molar-refractivity contribution in [2.75, 3.05) is 13.6 Å². The number of hydrogen-bond donors (Lipinski definition) is 1. The minimum absolute atomic E-state index is 0.209. The zero-order valence-corrected chi connectivity index (χ0v) is 14.4. The highest BCUT2D eigenvalue weighted by molar-refractivity contribution is 5.95. The Hall–Kier alpha value is -2.84. The van der Waals surface area contributed by atoms with Gasteiger partial charge in [-0.15, -0.1) is 0 Å². The lowest BCUT2D eigenvalue weighted by atomic mass is 10.1. The minimum Gasteiger partial charge on any atom is -0.481 e. The molecule has 1 heterocycles. The molecule has 1 aromatic carbocycles. The number of carboxylic acid groups (broad SMARTS) is 1. The third-order valence-corrected chi connectivity index (χ3v) is 3.93. The standard InChI is InChI=1S/C17H18F3N3O3/c1-10-6-4-5-7-13(10)23-14(17(18,19)20)12(8-21-23)15(24)22(3)9-11(2)16(25)26/h4-8,11H,9H2,1-3H3,(H,25,26). The molecule has 1 amide bonds. The molecule has 1 aromatic heterocycles. The summed E-state index contributed by atoms with van der Waals surface area (Å²) in [5.41, 5.74) is -1.04. The lowest BCUT2D eigenvalue weighted by Gasteiger charge is -2.20. The highest BCUT2D eigenvalue weighted by Crippen LogP contribution is 2.34. The Balaban J connectivity index is 2.49. The molecule has 0 radical (unpaired) electrons. The van der Waals surface area contributed by atoms with Crippen LogP contribution in [0.3, 0.4) is 0 Å². The van der Waals surface area contributed by atoms with Gasteiger partial charge in [-0.05, 0) is 18.6 Å². The Labute approximate surface area is 147 Å². The first-order chi connectivity index (χ1) is 12.0. The molecule has 2 rings (SSSR count). The maximum Gasteiger partial charge on any atom is 0.434 e. The van der Waals surface area contributed by atoms with Crippen LogP contribution >= 0.6 is 0 Å². The highest BCUT2D eigenvalue weighted by atomic mass is 19.4. The fraction of sp³-hybridized carbons (Fsp3) is 0.353. The van der Waals surface area contributed by atoms with Crippen LogP contribution in [0.25, 0.3) is 5.69 Å². The first-order valence-electron chi connectivity index (χ1n) is 7.73. The van der Waals surface area contributed by atoms with Crippen LogP contribution in [0, 0.1) is 12.8 Å². The van der Waals surface area contributed by atoms with Crippen molar-refractivity contribution in [3.63, 3.8) is 0 Å². The third kappa shape index (κ3) is 3.87. The van der Waals surface area contributed by atoms with Gasteiger partial charge in [-0.25, -0.2) is 4.68 Å². The van der Waals surface area contributed by atoms with Gasteiger partial charge in [0.25, 0.3) is 5.91 Å². The molecule has 140 valence electrons. The predicted molar refractivity (Wildman–Crippen MR) is 87.1 cm³/mol. The molecule has 9 heteroatoms. The molecule has 1 unspecified atom stereocenters. The number of aliphatic carboxylic acids is 1. The summed E-state index contributed by atoms with van der Waals surface area (Å²) in [4.78, 5) is 24.3. The number of aromatic nitrogens is 2.